The highest BCUT2D eigenvalue weighted by molar-refractivity contribution is 5.82. The van der Waals surface area contributed by atoms with E-state index in [1.54, 1.807) is 13.0 Å². The van der Waals surface area contributed by atoms with Crippen LogP contribution in [0.4, 0.5) is 0 Å². The van der Waals surface area contributed by atoms with Crippen LogP contribution in [0.2, 0.25) is 0 Å². The number of hydrogen-bond donors (Lipinski definition) is 0. The molecule has 62 valence electrons. The molecule has 1 unspecified atom stereocenters. The van der Waals surface area contributed by atoms with Gasteiger partial charge < -0.3 is 0 Å². The van der Waals surface area contributed by atoms with E-state index >= 15 is 0 Å². The van der Waals surface area contributed by atoms with E-state index in [9.17, 15) is 9.59 Å². The Kier molecular flexibility index (Phi) is 4.42. The Labute approximate surface area is 67.3 Å². The van der Waals surface area contributed by atoms with Crippen molar-refractivity contribution in [2.24, 2.45) is 5.92 Å². The summed E-state index contributed by atoms with van der Waals surface area (Å²) < 4.78 is 0. The summed E-state index contributed by atoms with van der Waals surface area (Å²) in [7, 11) is 0. The van der Waals surface area contributed by atoms with Crippen LogP contribution in [-0.4, -0.2) is 12.1 Å². The average Bonchev–Trinajstić information content (AvgIpc) is 1.99. The number of carbonyl (C=O) groups is 2. The molecule has 0 spiro atoms. The zero-order chi connectivity index (χ0) is 8.85. The Morgan fingerprint density at radius 3 is 2.36 bits per heavy atom. The Bertz CT molecular complexity index is 180. The number of carbonyl (C=O) groups excluding carboxylic acids is 2. The molecule has 1 atom stereocenters. The summed E-state index contributed by atoms with van der Waals surface area (Å²) >= 11 is 0. The maximum absolute atomic E-state index is 10.8. The fraction of sp³-hybridized carbons (Fsp3) is 0.556. The predicted molar refractivity (Wildman–Crippen MR) is 44.3 cm³/mol. The molecule has 0 N–H and O–H groups in total. The van der Waals surface area contributed by atoms with E-state index in [4.69, 9.17) is 0 Å². The lowest BCUT2D eigenvalue weighted by Gasteiger charge is -2.00. The molecule has 0 fully saturated rings. The van der Waals surface area contributed by atoms with Crippen LogP contribution in [0.25, 0.3) is 0 Å². The van der Waals surface area contributed by atoms with Crippen LogP contribution in [0, 0.1) is 5.92 Å². The zero-order valence-corrected chi connectivity index (χ0v) is 7.26. The Morgan fingerprint density at radius 2 is 2.09 bits per heavy atom. The summed E-state index contributed by atoms with van der Waals surface area (Å²) in [5, 5.41) is 0. The highest BCUT2D eigenvalue weighted by Crippen LogP contribution is 2.05. The number of hydrogen-bond acceptors (Lipinski definition) is 2. The van der Waals surface area contributed by atoms with Crippen molar-refractivity contribution >= 4 is 12.1 Å². The van der Waals surface area contributed by atoms with Crippen molar-refractivity contribution in [2.45, 2.75) is 27.2 Å². The van der Waals surface area contributed by atoms with Gasteiger partial charge in [-0.05, 0) is 18.9 Å². The first-order valence-corrected chi connectivity index (χ1v) is 3.78. The third-order valence-electron chi connectivity index (χ3n) is 1.66. The Balaban J connectivity index is 4.25. The molecule has 2 nitrogen and oxygen atoms in total. The zero-order valence-electron chi connectivity index (χ0n) is 7.26. The van der Waals surface area contributed by atoms with Gasteiger partial charge in [0.1, 0.15) is 12.1 Å². The average molecular weight is 154 g/mol. The van der Waals surface area contributed by atoms with Crippen LogP contribution < -0.4 is 0 Å². The molecule has 0 aliphatic carbocycles. The molecule has 0 aromatic carbocycles. The van der Waals surface area contributed by atoms with Crippen LogP contribution in [0.15, 0.2) is 11.6 Å². The van der Waals surface area contributed by atoms with Crippen molar-refractivity contribution in [3.63, 3.8) is 0 Å². The fourth-order valence-corrected chi connectivity index (χ4v) is 0.679. The highest BCUT2D eigenvalue weighted by atomic mass is 16.1. The van der Waals surface area contributed by atoms with Gasteiger partial charge >= 0.3 is 0 Å². The number of ketones is 1. The first kappa shape index (κ1) is 10.1. The van der Waals surface area contributed by atoms with Gasteiger partial charge in [-0.15, -0.1) is 0 Å². The number of rotatable bonds is 4. The largest absolute Gasteiger partial charge is 0.299 e. The van der Waals surface area contributed by atoms with E-state index in [1.807, 2.05) is 6.92 Å². The number of allylic oxidation sites excluding steroid dienone is 2. The van der Waals surface area contributed by atoms with Gasteiger partial charge in [0, 0.05) is 5.92 Å². The molecule has 0 saturated heterocycles. The van der Waals surface area contributed by atoms with Gasteiger partial charge in [0.15, 0.2) is 0 Å². The minimum absolute atomic E-state index is 0.0952. The van der Waals surface area contributed by atoms with Gasteiger partial charge in [0.2, 0.25) is 0 Å². The summed E-state index contributed by atoms with van der Waals surface area (Å²) in [6, 6.07) is 0. The van der Waals surface area contributed by atoms with Crippen molar-refractivity contribution < 1.29 is 9.59 Å². The molecule has 2 heteroatoms. The van der Waals surface area contributed by atoms with Gasteiger partial charge in [-0.1, -0.05) is 19.9 Å². The molecule has 0 aromatic rings. The van der Waals surface area contributed by atoms with E-state index in [0.29, 0.717) is 12.0 Å². The topological polar surface area (TPSA) is 34.1 Å². The first-order valence-electron chi connectivity index (χ1n) is 3.78. The second kappa shape index (κ2) is 4.83. The standard InChI is InChI=1S/C9H14O2/c1-4-9(6-10)5-7(2)8(3)11/h5-7H,4H2,1-3H3/b9-5+. The van der Waals surface area contributed by atoms with Crippen molar-refractivity contribution in [1.82, 2.24) is 0 Å². The third kappa shape index (κ3) is 3.71. The van der Waals surface area contributed by atoms with Crippen molar-refractivity contribution in [3.8, 4) is 0 Å². The van der Waals surface area contributed by atoms with Gasteiger partial charge in [-0.3, -0.25) is 9.59 Å². The Hall–Kier alpha value is -0.920. The summed E-state index contributed by atoms with van der Waals surface area (Å²) in [6.07, 6.45) is 3.22. The van der Waals surface area contributed by atoms with Gasteiger partial charge in [-0.25, -0.2) is 0 Å². The Morgan fingerprint density at radius 1 is 1.55 bits per heavy atom. The summed E-state index contributed by atoms with van der Waals surface area (Å²) in [4.78, 5) is 21.1. The first-order chi connectivity index (χ1) is 5.11. The van der Waals surface area contributed by atoms with Crippen molar-refractivity contribution in [1.29, 1.82) is 0 Å². The van der Waals surface area contributed by atoms with Crippen LogP contribution in [0.3, 0.4) is 0 Å². The molecule has 0 rings (SSSR count). The monoisotopic (exact) mass is 154 g/mol. The maximum Gasteiger partial charge on any atom is 0.145 e. The van der Waals surface area contributed by atoms with Crippen LogP contribution in [-0.2, 0) is 9.59 Å². The second-order valence-electron chi connectivity index (χ2n) is 2.61. The van der Waals surface area contributed by atoms with Crippen LogP contribution in [0.1, 0.15) is 27.2 Å². The number of Topliss-reactive ketones (excluding diaryl/α,β-unsaturated/α-hetero) is 1. The van der Waals surface area contributed by atoms with Crippen LogP contribution in [0.5, 0.6) is 0 Å². The molecule has 0 radical (unpaired) electrons. The summed E-state index contributed by atoms with van der Waals surface area (Å²) in [6.45, 7) is 5.22. The van der Waals surface area contributed by atoms with E-state index in [0.717, 1.165) is 6.29 Å². The second-order valence-corrected chi connectivity index (χ2v) is 2.61. The number of aldehydes is 1. The van der Waals surface area contributed by atoms with Gasteiger partial charge in [-0.2, -0.15) is 0 Å². The van der Waals surface area contributed by atoms with Gasteiger partial charge in [0.25, 0.3) is 0 Å². The maximum atomic E-state index is 10.8. The quantitative estimate of drug-likeness (QED) is 0.456. The van der Waals surface area contributed by atoms with E-state index in [-0.39, 0.29) is 11.7 Å². The molecule has 0 aliphatic heterocycles. The van der Waals surface area contributed by atoms with E-state index in [2.05, 4.69) is 0 Å². The minimum Gasteiger partial charge on any atom is -0.299 e. The van der Waals surface area contributed by atoms with Crippen molar-refractivity contribution in [2.75, 3.05) is 0 Å². The smallest absolute Gasteiger partial charge is 0.145 e. The molecular formula is C9H14O2. The summed E-state index contributed by atoms with van der Waals surface area (Å²) in [5.74, 6) is -0.0343. The lowest BCUT2D eigenvalue weighted by Crippen LogP contribution is -2.03. The molecule has 0 amide bonds. The fourth-order valence-electron chi connectivity index (χ4n) is 0.679. The minimum atomic E-state index is -0.129. The SMILES string of the molecule is CC/C(C=O)=C\C(C)C(C)=O. The summed E-state index contributed by atoms with van der Waals surface area (Å²) in [5.41, 5.74) is 0.702. The molecular weight excluding hydrogens is 140 g/mol. The highest BCUT2D eigenvalue weighted by Gasteiger charge is 2.04. The van der Waals surface area contributed by atoms with Crippen molar-refractivity contribution in [3.05, 3.63) is 11.6 Å². The predicted octanol–water partition coefficient (Wildman–Crippen LogP) is 1.75. The van der Waals surface area contributed by atoms with E-state index < -0.39 is 0 Å². The molecule has 0 bridgehead atoms. The van der Waals surface area contributed by atoms with Gasteiger partial charge in [0.05, 0.1) is 0 Å². The third-order valence-corrected chi connectivity index (χ3v) is 1.66. The lowest BCUT2D eigenvalue weighted by atomic mass is 10.0. The normalized spacial score (nSPS) is 14.3. The molecule has 0 saturated carbocycles. The lowest BCUT2D eigenvalue weighted by molar-refractivity contribution is -0.118. The molecule has 0 heterocycles. The van der Waals surface area contributed by atoms with E-state index in [1.165, 1.54) is 6.92 Å². The van der Waals surface area contributed by atoms with Crippen LogP contribution >= 0.6 is 0 Å². The molecule has 11 heavy (non-hydrogen) atoms. The molecule has 0 aliphatic rings. The molecule has 0 aromatic heterocycles.